The van der Waals surface area contributed by atoms with Crippen molar-refractivity contribution in [2.75, 3.05) is 39.9 Å². The lowest BCUT2D eigenvalue weighted by molar-refractivity contribution is 0.414. The van der Waals surface area contributed by atoms with E-state index in [1.54, 1.807) is 39.8 Å². The molecule has 67 heavy (non-hydrogen) atoms. The molecule has 0 radical (unpaired) electrons. The number of rotatable bonds is 14. The van der Waals surface area contributed by atoms with E-state index in [1.165, 1.54) is 0 Å². The number of benzene rings is 8. The normalized spacial score (nSPS) is 10.8. The Kier molecular flexibility index (Phi) is 13.0. The highest BCUT2D eigenvalue weighted by molar-refractivity contribution is 7.20. The van der Waals surface area contributed by atoms with Crippen molar-refractivity contribution in [2.24, 2.45) is 0 Å². The van der Waals surface area contributed by atoms with Crippen molar-refractivity contribution in [3.63, 3.8) is 0 Å². The maximum absolute atomic E-state index is 6.90. The van der Waals surface area contributed by atoms with Crippen LogP contribution >= 0.6 is 11.3 Å². The standard InChI is InChI=1S/C60H50N2O4S/c1-63-49-31-23-43(24-32-49)55(44-25-33-50(64-2)34-26-44)53(39-11-7-5-8-12-39)41-15-19-47(20-16-41)59-57(61)58(62)60(67-59)48-21-17-42(18-22-48)54(40-13-9-6-10-14-40)56(45-27-35-51(65-3)36-28-45)46-29-37-52(66-4)38-30-46/h5-38H,61-62H2,1-4H3. The average molecular weight is 895 g/mol. The summed E-state index contributed by atoms with van der Waals surface area (Å²) in [5.74, 6) is 3.18. The molecule has 0 unspecified atom stereocenters. The fourth-order valence-corrected chi connectivity index (χ4v) is 9.68. The molecule has 0 fully saturated rings. The topological polar surface area (TPSA) is 89.0 Å². The molecule has 4 N–H and O–H groups in total. The Bertz CT molecular complexity index is 2840. The fourth-order valence-electron chi connectivity index (χ4n) is 8.52. The number of ether oxygens (including phenoxy) is 4. The Labute approximate surface area is 396 Å². The highest BCUT2D eigenvalue weighted by Crippen LogP contribution is 2.48. The van der Waals surface area contributed by atoms with E-state index in [1.807, 2.05) is 60.7 Å². The molecule has 1 aromatic heterocycles. The molecule has 7 heteroatoms. The van der Waals surface area contributed by atoms with Crippen LogP contribution in [-0.2, 0) is 0 Å². The molecule has 0 aliphatic rings. The first-order chi connectivity index (χ1) is 32.9. The third kappa shape index (κ3) is 9.19. The van der Waals surface area contributed by atoms with E-state index >= 15 is 0 Å². The summed E-state index contributed by atoms with van der Waals surface area (Å²) < 4.78 is 22.2. The van der Waals surface area contributed by atoms with Gasteiger partial charge >= 0.3 is 0 Å². The number of thiophene rings is 1. The smallest absolute Gasteiger partial charge is 0.118 e. The summed E-state index contributed by atoms with van der Waals surface area (Å²) in [6.45, 7) is 0. The molecular formula is C60H50N2O4S. The minimum absolute atomic E-state index is 0.568. The van der Waals surface area contributed by atoms with E-state index in [4.69, 9.17) is 30.4 Å². The summed E-state index contributed by atoms with van der Waals surface area (Å²) in [5.41, 5.74) is 29.8. The summed E-state index contributed by atoms with van der Waals surface area (Å²) in [5, 5.41) is 0. The van der Waals surface area contributed by atoms with Crippen LogP contribution in [0.15, 0.2) is 206 Å². The molecule has 0 amide bonds. The molecule has 0 atom stereocenters. The van der Waals surface area contributed by atoms with Crippen molar-refractivity contribution in [2.45, 2.75) is 0 Å². The predicted molar refractivity (Wildman–Crippen MR) is 279 cm³/mol. The first-order valence-corrected chi connectivity index (χ1v) is 22.8. The number of nitrogens with two attached hydrogens (primary N) is 2. The molecule has 8 aromatic carbocycles. The van der Waals surface area contributed by atoms with Crippen molar-refractivity contribution in [3.05, 3.63) is 251 Å². The van der Waals surface area contributed by atoms with Crippen molar-refractivity contribution >= 4 is 45.0 Å². The molecule has 9 rings (SSSR count). The zero-order chi connectivity index (χ0) is 46.3. The van der Waals surface area contributed by atoms with Crippen LogP contribution in [0.25, 0.3) is 43.2 Å². The largest absolute Gasteiger partial charge is 0.497 e. The SMILES string of the molecule is COc1ccc(C(=C(c2ccccc2)c2ccc(-c3sc(-c4ccc(C(=C(c5ccc(OC)cc5)c5ccc(OC)cc5)c5ccccc5)cc4)c(N)c3N)cc2)c2ccc(OC)cc2)cc1. The van der Waals surface area contributed by atoms with E-state index in [-0.39, 0.29) is 0 Å². The molecule has 9 aromatic rings. The third-order valence-electron chi connectivity index (χ3n) is 12.0. The predicted octanol–water partition coefficient (Wildman–Crippen LogP) is 14.3. The number of hydrogen-bond acceptors (Lipinski definition) is 7. The van der Waals surface area contributed by atoms with Crippen LogP contribution in [-0.4, -0.2) is 28.4 Å². The maximum Gasteiger partial charge on any atom is 0.118 e. The van der Waals surface area contributed by atoms with E-state index in [9.17, 15) is 0 Å². The second-order valence-corrected chi connectivity index (χ2v) is 16.9. The van der Waals surface area contributed by atoms with E-state index in [0.29, 0.717) is 11.4 Å². The summed E-state index contributed by atoms with van der Waals surface area (Å²) >= 11 is 1.61. The van der Waals surface area contributed by atoms with Gasteiger partial charge in [0.25, 0.3) is 0 Å². The van der Waals surface area contributed by atoms with Crippen LogP contribution in [0.2, 0.25) is 0 Å². The lowest BCUT2D eigenvalue weighted by Crippen LogP contribution is -1.98. The fraction of sp³-hybridized carbons (Fsp3) is 0.0667. The second kappa shape index (κ2) is 19.9. The first-order valence-electron chi connectivity index (χ1n) is 21.9. The molecule has 0 aliphatic heterocycles. The van der Waals surface area contributed by atoms with Crippen LogP contribution in [0.5, 0.6) is 23.0 Å². The lowest BCUT2D eigenvalue weighted by Gasteiger charge is -2.19. The van der Waals surface area contributed by atoms with Crippen molar-refractivity contribution < 1.29 is 18.9 Å². The molecule has 6 nitrogen and oxygen atoms in total. The molecule has 0 bridgehead atoms. The van der Waals surface area contributed by atoms with Gasteiger partial charge in [-0.1, -0.05) is 158 Å². The minimum atomic E-state index is 0.568. The summed E-state index contributed by atoms with van der Waals surface area (Å²) in [6.07, 6.45) is 0. The number of hydrogen-bond donors (Lipinski definition) is 2. The van der Waals surface area contributed by atoms with Crippen molar-refractivity contribution in [3.8, 4) is 43.9 Å². The Morgan fingerprint density at radius 2 is 0.493 bits per heavy atom. The molecule has 0 saturated carbocycles. The Hall–Kier alpha value is -8.26. The summed E-state index contributed by atoms with van der Waals surface area (Å²) in [6, 6.07) is 71.2. The van der Waals surface area contributed by atoms with E-state index < -0.39 is 0 Å². The van der Waals surface area contributed by atoms with Gasteiger partial charge in [0.2, 0.25) is 0 Å². The van der Waals surface area contributed by atoms with Crippen LogP contribution < -0.4 is 30.4 Å². The highest BCUT2D eigenvalue weighted by atomic mass is 32.1. The van der Waals surface area contributed by atoms with Gasteiger partial charge in [0, 0.05) is 0 Å². The maximum atomic E-state index is 6.90. The van der Waals surface area contributed by atoms with Gasteiger partial charge in [-0.3, -0.25) is 0 Å². The Morgan fingerprint density at radius 1 is 0.284 bits per heavy atom. The molecule has 0 aliphatic carbocycles. The number of methoxy groups -OCH3 is 4. The second-order valence-electron chi connectivity index (χ2n) is 15.9. The summed E-state index contributed by atoms with van der Waals surface area (Å²) in [7, 11) is 6.74. The van der Waals surface area contributed by atoms with Crippen molar-refractivity contribution in [1.29, 1.82) is 0 Å². The average Bonchev–Trinajstić information content (AvgIpc) is 3.70. The van der Waals surface area contributed by atoms with Gasteiger partial charge in [-0.25, -0.2) is 0 Å². The van der Waals surface area contributed by atoms with Crippen molar-refractivity contribution in [1.82, 2.24) is 0 Å². The van der Waals surface area contributed by atoms with Gasteiger partial charge in [0.1, 0.15) is 23.0 Å². The van der Waals surface area contributed by atoms with Gasteiger partial charge in [-0.15, -0.1) is 11.3 Å². The van der Waals surface area contributed by atoms with Crippen LogP contribution in [0.1, 0.15) is 44.5 Å². The van der Waals surface area contributed by atoms with Crippen LogP contribution in [0.3, 0.4) is 0 Å². The Morgan fingerprint density at radius 3 is 0.716 bits per heavy atom. The van der Waals surface area contributed by atoms with Gasteiger partial charge in [-0.2, -0.15) is 0 Å². The van der Waals surface area contributed by atoms with E-state index in [2.05, 4.69) is 146 Å². The molecular weight excluding hydrogens is 845 g/mol. The third-order valence-corrected chi connectivity index (χ3v) is 13.3. The highest BCUT2D eigenvalue weighted by Gasteiger charge is 2.21. The number of anilines is 2. The molecule has 330 valence electrons. The number of nitrogen functional groups attached to an aromatic ring is 2. The van der Waals surface area contributed by atoms with Gasteiger partial charge in [0.15, 0.2) is 0 Å². The zero-order valence-corrected chi connectivity index (χ0v) is 38.6. The minimum Gasteiger partial charge on any atom is -0.497 e. The summed E-state index contributed by atoms with van der Waals surface area (Å²) in [4.78, 5) is 1.84. The van der Waals surface area contributed by atoms with Crippen LogP contribution in [0, 0.1) is 0 Å². The quantitative estimate of drug-likeness (QED) is 0.106. The van der Waals surface area contributed by atoms with Gasteiger partial charge < -0.3 is 30.4 Å². The molecule has 1 heterocycles. The van der Waals surface area contributed by atoms with Crippen LogP contribution in [0.4, 0.5) is 11.4 Å². The molecule has 0 saturated heterocycles. The van der Waals surface area contributed by atoms with Gasteiger partial charge in [0.05, 0.1) is 49.6 Å². The van der Waals surface area contributed by atoms with E-state index in [0.717, 1.165) is 111 Å². The first kappa shape index (κ1) is 44.0. The van der Waals surface area contributed by atoms with Gasteiger partial charge in [-0.05, 0) is 126 Å². The zero-order valence-electron chi connectivity index (χ0n) is 37.8. The monoisotopic (exact) mass is 894 g/mol. The lowest BCUT2D eigenvalue weighted by atomic mass is 9.85. The Balaban J connectivity index is 1.12. The molecule has 0 spiro atoms.